The van der Waals surface area contributed by atoms with Crippen LogP contribution >= 0.6 is 11.6 Å². The van der Waals surface area contributed by atoms with E-state index >= 15 is 0 Å². The summed E-state index contributed by atoms with van der Waals surface area (Å²) in [4.78, 5) is 43.2. The summed E-state index contributed by atoms with van der Waals surface area (Å²) in [7, 11) is 1.73. The first-order valence-corrected chi connectivity index (χ1v) is 9.76. The van der Waals surface area contributed by atoms with Crippen molar-refractivity contribution in [3.63, 3.8) is 0 Å². The first kappa shape index (κ1) is 18.7. The van der Waals surface area contributed by atoms with Crippen molar-refractivity contribution in [2.75, 3.05) is 20.1 Å². The second-order valence-corrected chi connectivity index (χ2v) is 7.94. The number of amides is 2. The average Bonchev–Trinajstić information content (AvgIpc) is 3.25. The number of piperidine rings is 1. The molecule has 3 heterocycles. The van der Waals surface area contributed by atoms with E-state index in [0.29, 0.717) is 23.9 Å². The quantitative estimate of drug-likeness (QED) is 0.813. The number of H-pyrrole nitrogens is 2. The Morgan fingerprint density at radius 2 is 2.14 bits per heavy atom. The van der Waals surface area contributed by atoms with E-state index in [2.05, 4.69) is 15.2 Å². The molecule has 2 amide bonds. The Kier molecular flexibility index (Phi) is 4.97. The fourth-order valence-corrected chi connectivity index (χ4v) is 4.55. The zero-order valence-electron chi connectivity index (χ0n) is 15.5. The first-order valence-electron chi connectivity index (χ1n) is 9.38. The molecule has 8 nitrogen and oxygen atoms in total. The lowest BCUT2D eigenvalue weighted by molar-refractivity contribution is -0.137. The molecule has 0 unspecified atom stereocenters. The van der Waals surface area contributed by atoms with E-state index < -0.39 is 5.92 Å². The fourth-order valence-electron chi connectivity index (χ4n) is 4.35. The van der Waals surface area contributed by atoms with Crippen LogP contribution in [0.25, 0.3) is 0 Å². The molecule has 0 bridgehead atoms. The number of carbonyl (C=O) groups is 2. The van der Waals surface area contributed by atoms with Crippen LogP contribution in [0.1, 0.15) is 42.6 Å². The summed E-state index contributed by atoms with van der Waals surface area (Å²) in [6.07, 6.45) is 1.86. The molecule has 0 radical (unpaired) electrons. The molecule has 2 aromatic rings. The highest BCUT2D eigenvalue weighted by molar-refractivity contribution is 6.30. The molecule has 1 aromatic carbocycles. The molecule has 0 saturated carbocycles. The average molecular weight is 404 g/mol. The number of hydrogen-bond donors (Lipinski definition) is 2. The summed E-state index contributed by atoms with van der Waals surface area (Å²) < 4.78 is 0. The van der Waals surface area contributed by atoms with Crippen molar-refractivity contribution in [1.29, 1.82) is 0 Å². The number of nitrogens with one attached hydrogen (secondary N) is 2. The van der Waals surface area contributed by atoms with Crippen LogP contribution in [-0.4, -0.2) is 56.9 Å². The predicted octanol–water partition coefficient (Wildman–Crippen LogP) is 1.68. The zero-order chi connectivity index (χ0) is 19.8. The lowest BCUT2D eigenvalue weighted by atomic mass is 9.90. The van der Waals surface area contributed by atoms with Gasteiger partial charge in [0.25, 0.3) is 0 Å². The summed E-state index contributed by atoms with van der Waals surface area (Å²) in [6, 6.07) is 7.00. The number of rotatable bonds is 3. The number of hydrogen-bond acceptors (Lipinski definition) is 4. The molecule has 2 fully saturated rings. The highest BCUT2D eigenvalue weighted by atomic mass is 35.5. The smallest absolute Gasteiger partial charge is 0.340 e. The minimum Gasteiger partial charge on any atom is -0.342 e. The van der Waals surface area contributed by atoms with E-state index in [-0.39, 0.29) is 35.9 Å². The van der Waals surface area contributed by atoms with Crippen molar-refractivity contribution < 1.29 is 9.59 Å². The van der Waals surface area contributed by atoms with Crippen LogP contribution in [0.3, 0.4) is 0 Å². The first-order chi connectivity index (χ1) is 13.4. The molecule has 148 valence electrons. The highest BCUT2D eigenvalue weighted by Crippen LogP contribution is 2.39. The minimum atomic E-state index is -0.451. The third-order valence-corrected chi connectivity index (χ3v) is 5.97. The van der Waals surface area contributed by atoms with E-state index in [0.717, 1.165) is 18.4 Å². The van der Waals surface area contributed by atoms with Gasteiger partial charge in [-0.15, -0.1) is 0 Å². The van der Waals surface area contributed by atoms with E-state index in [1.807, 2.05) is 18.2 Å². The number of halogens is 1. The Morgan fingerprint density at radius 3 is 2.86 bits per heavy atom. The molecular formula is C19H22ClN5O3. The molecule has 9 heteroatoms. The van der Waals surface area contributed by atoms with Crippen molar-refractivity contribution in [1.82, 2.24) is 25.0 Å². The van der Waals surface area contributed by atoms with Crippen molar-refractivity contribution >= 4 is 23.4 Å². The maximum absolute atomic E-state index is 13.4. The summed E-state index contributed by atoms with van der Waals surface area (Å²) in [6.45, 7) is 1.12. The molecular weight excluding hydrogens is 382 g/mol. The van der Waals surface area contributed by atoms with Crippen molar-refractivity contribution in [2.24, 2.45) is 5.92 Å². The molecule has 2 aliphatic rings. The summed E-state index contributed by atoms with van der Waals surface area (Å²) in [5.41, 5.74) is 0.520. The molecule has 0 aliphatic carbocycles. The van der Waals surface area contributed by atoms with Gasteiger partial charge in [0.05, 0.1) is 12.0 Å². The van der Waals surface area contributed by atoms with Gasteiger partial charge in [-0.1, -0.05) is 23.7 Å². The van der Waals surface area contributed by atoms with Crippen LogP contribution < -0.4 is 5.69 Å². The molecule has 28 heavy (non-hydrogen) atoms. The second-order valence-electron chi connectivity index (χ2n) is 7.50. The molecule has 3 atom stereocenters. The molecule has 2 aliphatic heterocycles. The van der Waals surface area contributed by atoms with Gasteiger partial charge in [-0.05, 0) is 30.5 Å². The molecule has 1 aromatic heterocycles. The zero-order valence-corrected chi connectivity index (χ0v) is 16.3. The molecule has 2 saturated heterocycles. The number of likely N-dealkylation sites (tertiary alicyclic amines) is 2. The van der Waals surface area contributed by atoms with Crippen molar-refractivity contribution in [3.05, 3.63) is 51.2 Å². The highest BCUT2D eigenvalue weighted by Gasteiger charge is 2.45. The maximum atomic E-state index is 13.4. The minimum absolute atomic E-state index is 0.0175. The predicted molar refractivity (Wildman–Crippen MR) is 103 cm³/mol. The van der Waals surface area contributed by atoms with Crippen molar-refractivity contribution in [3.8, 4) is 0 Å². The van der Waals surface area contributed by atoms with E-state index in [9.17, 15) is 14.4 Å². The molecule has 2 N–H and O–H groups in total. The van der Waals surface area contributed by atoms with Crippen LogP contribution in [0, 0.1) is 5.92 Å². The van der Waals surface area contributed by atoms with E-state index in [1.54, 1.807) is 22.9 Å². The van der Waals surface area contributed by atoms with Crippen LogP contribution in [0.5, 0.6) is 0 Å². The van der Waals surface area contributed by atoms with Gasteiger partial charge in [0.2, 0.25) is 11.8 Å². The third kappa shape index (κ3) is 3.44. The monoisotopic (exact) mass is 403 g/mol. The number of benzene rings is 1. The van der Waals surface area contributed by atoms with E-state index in [1.165, 1.54) is 0 Å². The second kappa shape index (κ2) is 7.43. The Morgan fingerprint density at radius 1 is 1.32 bits per heavy atom. The van der Waals surface area contributed by atoms with Gasteiger partial charge in [-0.3, -0.25) is 14.6 Å². The van der Waals surface area contributed by atoms with Crippen LogP contribution in [0.4, 0.5) is 0 Å². The Hall–Kier alpha value is -2.61. The van der Waals surface area contributed by atoms with Gasteiger partial charge < -0.3 is 9.80 Å². The topological polar surface area (TPSA) is 102 Å². The number of nitrogens with zero attached hydrogens (tertiary/aromatic N) is 3. The lowest BCUT2D eigenvalue weighted by Crippen LogP contribution is -2.43. The number of aromatic amines is 2. The Labute approximate surface area is 166 Å². The summed E-state index contributed by atoms with van der Waals surface area (Å²) in [5, 5.41) is 6.98. The largest absolute Gasteiger partial charge is 0.342 e. The Bertz CT molecular complexity index is 955. The van der Waals surface area contributed by atoms with Crippen LogP contribution in [0.2, 0.25) is 5.02 Å². The third-order valence-electron chi connectivity index (χ3n) is 5.73. The fraction of sp³-hybridized carbons (Fsp3) is 0.474. The van der Waals surface area contributed by atoms with Gasteiger partial charge in [0.15, 0.2) is 0 Å². The Balaban J connectivity index is 1.57. The number of carbonyl (C=O) groups excluding carboxylic acids is 2. The van der Waals surface area contributed by atoms with Crippen LogP contribution in [-0.2, 0) is 9.59 Å². The van der Waals surface area contributed by atoms with E-state index in [4.69, 9.17) is 11.6 Å². The summed E-state index contributed by atoms with van der Waals surface area (Å²) in [5.74, 6) is 0.0244. The molecule has 4 rings (SSSR count). The SMILES string of the molecule is CN1C(=O)C[C@H](C(=O)N2CCC[C@H](c3n[nH]c(=O)[nH]3)C2)[C@H]1c1cccc(Cl)c1. The lowest BCUT2D eigenvalue weighted by Gasteiger charge is -2.35. The normalized spacial score (nSPS) is 25.4. The van der Waals surface area contributed by atoms with Gasteiger partial charge in [-0.25, -0.2) is 9.89 Å². The van der Waals surface area contributed by atoms with Crippen LogP contribution in [0.15, 0.2) is 29.1 Å². The van der Waals surface area contributed by atoms with Gasteiger partial charge in [-0.2, -0.15) is 5.10 Å². The maximum Gasteiger partial charge on any atom is 0.340 e. The van der Waals surface area contributed by atoms with Crippen molar-refractivity contribution in [2.45, 2.75) is 31.2 Å². The molecule has 0 spiro atoms. The summed E-state index contributed by atoms with van der Waals surface area (Å²) >= 11 is 6.13. The standard InChI is InChI=1S/C19H22ClN5O3/c1-24-15(26)9-14(16(24)11-4-2-6-13(20)8-11)18(27)25-7-3-5-12(10-25)17-21-19(28)23-22-17/h2,4,6,8,12,14,16H,3,5,7,9-10H2,1H3,(H2,21,22,23,28)/t12-,14-,16+/m0/s1. The van der Waals surface area contributed by atoms with Gasteiger partial charge in [0, 0.05) is 37.5 Å². The van der Waals surface area contributed by atoms with Gasteiger partial charge >= 0.3 is 5.69 Å². The number of aromatic nitrogens is 3. The van der Waals surface area contributed by atoms with Gasteiger partial charge in [0.1, 0.15) is 5.82 Å².